The van der Waals surface area contributed by atoms with E-state index in [4.69, 9.17) is 4.98 Å². The summed E-state index contributed by atoms with van der Waals surface area (Å²) in [5.41, 5.74) is 2.89. The zero-order valence-corrected chi connectivity index (χ0v) is 14.9. The van der Waals surface area contributed by atoms with E-state index in [0.717, 1.165) is 34.4 Å². The number of anilines is 1. The molecule has 0 atom stereocenters. The van der Waals surface area contributed by atoms with Crippen molar-refractivity contribution >= 4 is 28.7 Å². The lowest BCUT2D eigenvalue weighted by molar-refractivity contribution is 0.873. The van der Waals surface area contributed by atoms with E-state index in [1.807, 2.05) is 36.7 Å². The second-order valence-electron chi connectivity index (χ2n) is 5.46. The van der Waals surface area contributed by atoms with Gasteiger partial charge in [-0.2, -0.15) is 0 Å². The van der Waals surface area contributed by atoms with Crippen molar-refractivity contribution in [2.45, 2.75) is 20.3 Å². The number of hydrogen-bond donors (Lipinski definition) is 1. The maximum absolute atomic E-state index is 12.4. The highest BCUT2D eigenvalue weighted by molar-refractivity contribution is 8.00. The summed E-state index contributed by atoms with van der Waals surface area (Å²) < 4.78 is 4.77. The average molecular weight is 340 g/mol. The third-order valence-corrected chi connectivity index (χ3v) is 4.51. The van der Waals surface area contributed by atoms with Gasteiger partial charge in [-0.25, -0.2) is 9.97 Å². The van der Waals surface area contributed by atoms with Crippen LogP contribution in [0, 0.1) is 0 Å². The fraction of sp³-hybridized carbons (Fsp3) is 0.278. The summed E-state index contributed by atoms with van der Waals surface area (Å²) in [6, 6.07) is 7.67. The van der Waals surface area contributed by atoms with E-state index in [1.165, 1.54) is 0 Å². The van der Waals surface area contributed by atoms with Gasteiger partial charge in [0, 0.05) is 36.1 Å². The maximum Gasteiger partial charge on any atom is 0.258 e. The molecule has 0 aliphatic carbocycles. The molecule has 6 heteroatoms. The quantitative estimate of drug-likeness (QED) is 0.719. The zero-order valence-electron chi connectivity index (χ0n) is 14.0. The molecule has 0 amide bonds. The van der Waals surface area contributed by atoms with Crippen LogP contribution in [0.4, 0.5) is 5.95 Å². The molecule has 3 aromatic rings. The molecule has 2 aromatic heterocycles. The van der Waals surface area contributed by atoms with Gasteiger partial charge in [0.25, 0.3) is 5.56 Å². The molecule has 0 unspecified atom stereocenters. The molecule has 5 nitrogen and oxygen atoms in total. The van der Waals surface area contributed by atoms with Crippen molar-refractivity contribution in [2.24, 2.45) is 7.05 Å². The van der Waals surface area contributed by atoms with Gasteiger partial charge in [0.05, 0.1) is 5.69 Å². The lowest BCUT2D eigenvalue weighted by atomic mass is 10.0. The SMILES string of the molecule is CCSNc1ncc(CC)c(-c2cn(C)c(=O)c3ccccc23)n1. The van der Waals surface area contributed by atoms with Crippen LogP contribution < -0.4 is 10.3 Å². The second-order valence-corrected chi connectivity index (χ2v) is 6.53. The minimum absolute atomic E-state index is 0.00124. The first-order valence-electron chi connectivity index (χ1n) is 7.98. The van der Waals surface area contributed by atoms with E-state index in [1.54, 1.807) is 23.6 Å². The molecular weight excluding hydrogens is 320 g/mol. The Hall–Kier alpha value is -2.34. The summed E-state index contributed by atoms with van der Waals surface area (Å²) in [7, 11) is 1.77. The van der Waals surface area contributed by atoms with Gasteiger partial charge in [-0.1, -0.05) is 44.0 Å². The molecule has 1 N–H and O–H groups in total. The van der Waals surface area contributed by atoms with Gasteiger partial charge >= 0.3 is 0 Å². The van der Waals surface area contributed by atoms with Crippen LogP contribution in [-0.4, -0.2) is 20.3 Å². The van der Waals surface area contributed by atoms with Crippen LogP contribution in [0.1, 0.15) is 19.4 Å². The fourth-order valence-electron chi connectivity index (χ4n) is 2.69. The van der Waals surface area contributed by atoms with Crippen molar-refractivity contribution in [1.82, 2.24) is 14.5 Å². The van der Waals surface area contributed by atoms with Gasteiger partial charge in [-0.3, -0.25) is 9.52 Å². The van der Waals surface area contributed by atoms with Gasteiger partial charge < -0.3 is 4.57 Å². The van der Waals surface area contributed by atoms with Crippen LogP contribution in [0.3, 0.4) is 0 Å². The van der Waals surface area contributed by atoms with E-state index in [2.05, 4.69) is 23.6 Å². The molecule has 2 heterocycles. The largest absolute Gasteiger partial charge is 0.317 e. The summed E-state index contributed by atoms with van der Waals surface area (Å²) in [6.45, 7) is 4.15. The molecule has 0 aliphatic heterocycles. The Balaban J connectivity index is 2.26. The summed E-state index contributed by atoms with van der Waals surface area (Å²) in [5.74, 6) is 1.52. The van der Waals surface area contributed by atoms with Crippen molar-refractivity contribution in [2.75, 3.05) is 10.5 Å². The number of hydrogen-bond acceptors (Lipinski definition) is 5. The van der Waals surface area contributed by atoms with Crippen LogP contribution in [0.2, 0.25) is 0 Å². The van der Waals surface area contributed by atoms with Crippen LogP contribution in [-0.2, 0) is 13.5 Å². The Bertz CT molecular complexity index is 936. The molecular formula is C18H20N4OS. The Morgan fingerprint density at radius 2 is 1.96 bits per heavy atom. The van der Waals surface area contributed by atoms with Crippen molar-refractivity contribution in [3.05, 3.63) is 52.6 Å². The number of benzene rings is 1. The topological polar surface area (TPSA) is 59.8 Å². The number of aromatic nitrogens is 3. The second kappa shape index (κ2) is 7.05. The molecule has 0 spiro atoms. The van der Waals surface area contributed by atoms with E-state index < -0.39 is 0 Å². The monoisotopic (exact) mass is 340 g/mol. The molecule has 0 aliphatic rings. The highest BCUT2D eigenvalue weighted by Crippen LogP contribution is 2.29. The first-order valence-corrected chi connectivity index (χ1v) is 8.96. The molecule has 0 radical (unpaired) electrons. The minimum atomic E-state index is 0.00124. The molecule has 1 aromatic carbocycles. The van der Waals surface area contributed by atoms with Gasteiger partial charge in [0.15, 0.2) is 0 Å². The number of fused-ring (bicyclic) bond motifs is 1. The van der Waals surface area contributed by atoms with E-state index in [-0.39, 0.29) is 5.56 Å². The van der Waals surface area contributed by atoms with Crippen LogP contribution in [0.5, 0.6) is 0 Å². The van der Waals surface area contributed by atoms with Crippen molar-refractivity contribution in [1.29, 1.82) is 0 Å². The molecule has 0 saturated heterocycles. The Morgan fingerprint density at radius 1 is 1.21 bits per heavy atom. The summed E-state index contributed by atoms with van der Waals surface area (Å²) in [5, 5.41) is 1.62. The molecule has 3 rings (SSSR count). The van der Waals surface area contributed by atoms with Crippen molar-refractivity contribution < 1.29 is 0 Å². The Labute approximate surface area is 145 Å². The highest BCUT2D eigenvalue weighted by Gasteiger charge is 2.14. The Kier molecular flexibility index (Phi) is 4.85. The molecule has 24 heavy (non-hydrogen) atoms. The van der Waals surface area contributed by atoms with Gasteiger partial charge in [-0.05, 0) is 23.4 Å². The first-order chi connectivity index (χ1) is 11.7. The van der Waals surface area contributed by atoms with Crippen LogP contribution in [0.15, 0.2) is 41.5 Å². The summed E-state index contributed by atoms with van der Waals surface area (Å²) >= 11 is 1.56. The third kappa shape index (κ3) is 3.01. The molecule has 124 valence electrons. The number of pyridine rings is 1. The van der Waals surface area contributed by atoms with Crippen LogP contribution in [0.25, 0.3) is 22.0 Å². The smallest absolute Gasteiger partial charge is 0.258 e. The zero-order chi connectivity index (χ0) is 17.1. The maximum atomic E-state index is 12.4. The normalized spacial score (nSPS) is 11.0. The number of aryl methyl sites for hydroxylation is 2. The van der Waals surface area contributed by atoms with Crippen molar-refractivity contribution in [3.63, 3.8) is 0 Å². The first kappa shape index (κ1) is 16.5. The standard InChI is InChI=1S/C18H20N4OS/c1-4-12-10-19-18(21-24-5-2)20-16(12)15-11-22(3)17(23)14-9-7-6-8-13(14)15/h6-11H,4-5H2,1-3H3,(H,19,20,21). The molecule has 0 bridgehead atoms. The van der Waals surface area contributed by atoms with Crippen LogP contribution >= 0.6 is 11.9 Å². The highest BCUT2D eigenvalue weighted by atomic mass is 32.2. The summed E-state index contributed by atoms with van der Waals surface area (Å²) in [4.78, 5) is 21.5. The van der Waals surface area contributed by atoms with Gasteiger partial charge in [0.1, 0.15) is 0 Å². The summed E-state index contributed by atoms with van der Waals surface area (Å²) in [6.07, 6.45) is 4.55. The number of rotatable bonds is 5. The van der Waals surface area contributed by atoms with Gasteiger partial charge in [0.2, 0.25) is 5.95 Å². The lowest BCUT2D eigenvalue weighted by Gasteiger charge is -2.13. The number of nitrogens with zero attached hydrogens (tertiary/aromatic N) is 3. The predicted octanol–water partition coefficient (Wildman–Crippen LogP) is 3.64. The van der Waals surface area contributed by atoms with Gasteiger partial charge in [-0.15, -0.1) is 0 Å². The van der Waals surface area contributed by atoms with E-state index in [9.17, 15) is 4.79 Å². The van der Waals surface area contributed by atoms with E-state index >= 15 is 0 Å². The Morgan fingerprint density at radius 3 is 2.67 bits per heavy atom. The third-order valence-electron chi connectivity index (χ3n) is 3.90. The number of nitrogens with one attached hydrogen (secondary N) is 1. The molecule has 0 fully saturated rings. The lowest BCUT2D eigenvalue weighted by Crippen LogP contribution is -2.17. The van der Waals surface area contributed by atoms with E-state index in [0.29, 0.717) is 11.3 Å². The fourth-order valence-corrected chi connectivity index (χ4v) is 3.06. The minimum Gasteiger partial charge on any atom is -0.317 e. The van der Waals surface area contributed by atoms with Crippen molar-refractivity contribution in [3.8, 4) is 11.3 Å². The average Bonchev–Trinajstić information content (AvgIpc) is 2.63. The predicted molar refractivity (Wildman–Crippen MR) is 101 cm³/mol. The molecule has 0 saturated carbocycles.